The second-order valence-corrected chi connectivity index (χ2v) is 10.6. The number of rotatable bonds is 0. The van der Waals surface area contributed by atoms with Crippen molar-refractivity contribution < 1.29 is 0 Å². The highest BCUT2D eigenvalue weighted by atomic mass is 35.5. The van der Waals surface area contributed by atoms with Crippen molar-refractivity contribution in [3.8, 4) is 11.5 Å². The lowest BCUT2D eigenvalue weighted by atomic mass is 10.1. The molecule has 0 atom stereocenters. The number of aromatic nitrogens is 2. The SMILES string of the molecule is Cn1cnc2ccc(Cl)c(C#C[Si](C)(C)C)c2c1=O. The third-order valence-electron chi connectivity index (χ3n) is 2.60. The zero-order valence-corrected chi connectivity index (χ0v) is 13.2. The molecule has 0 spiro atoms. The molecule has 0 bridgehead atoms. The first-order chi connectivity index (χ1) is 8.79. The van der Waals surface area contributed by atoms with Crippen LogP contribution < -0.4 is 5.56 Å². The van der Waals surface area contributed by atoms with Crippen molar-refractivity contribution in [3.63, 3.8) is 0 Å². The van der Waals surface area contributed by atoms with E-state index >= 15 is 0 Å². The summed E-state index contributed by atoms with van der Waals surface area (Å²) in [5.41, 5.74) is 4.35. The maximum absolute atomic E-state index is 12.2. The Bertz CT molecular complexity index is 758. The van der Waals surface area contributed by atoms with Gasteiger partial charge >= 0.3 is 0 Å². The Morgan fingerprint density at radius 3 is 2.63 bits per heavy atom. The predicted octanol–water partition coefficient (Wildman–Crippen LogP) is 2.82. The van der Waals surface area contributed by atoms with Crippen molar-refractivity contribution in [3.05, 3.63) is 39.4 Å². The molecule has 19 heavy (non-hydrogen) atoms. The summed E-state index contributed by atoms with van der Waals surface area (Å²) in [5.74, 6) is 3.09. The van der Waals surface area contributed by atoms with E-state index in [1.807, 2.05) is 0 Å². The Morgan fingerprint density at radius 2 is 2.00 bits per heavy atom. The summed E-state index contributed by atoms with van der Waals surface area (Å²) in [4.78, 5) is 16.5. The first kappa shape index (κ1) is 13.8. The van der Waals surface area contributed by atoms with Crippen LogP contribution in [0, 0.1) is 11.5 Å². The lowest BCUT2D eigenvalue weighted by Gasteiger charge is -2.06. The lowest BCUT2D eigenvalue weighted by molar-refractivity contribution is 0.842. The molecular formula is C14H15ClN2OSi. The van der Waals surface area contributed by atoms with Gasteiger partial charge in [0, 0.05) is 7.05 Å². The Morgan fingerprint density at radius 1 is 1.32 bits per heavy atom. The van der Waals surface area contributed by atoms with Crippen LogP contribution in [0.5, 0.6) is 0 Å². The minimum absolute atomic E-state index is 0.118. The van der Waals surface area contributed by atoms with E-state index in [0.717, 1.165) is 0 Å². The van der Waals surface area contributed by atoms with Gasteiger partial charge in [0.1, 0.15) is 8.07 Å². The molecule has 2 aromatic rings. The topological polar surface area (TPSA) is 34.9 Å². The van der Waals surface area contributed by atoms with Crippen LogP contribution in [0.2, 0.25) is 24.7 Å². The minimum atomic E-state index is -1.53. The normalized spacial score (nSPS) is 11.2. The maximum Gasteiger partial charge on any atom is 0.262 e. The summed E-state index contributed by atoms with van der Waals surface area (Å²) in [7, 11) is 0.142. The molecule has 0 aliphatic carbocycles. The highest BCUT2D eigenvalue weighted by Gasteiger charge is 2.12. The van der Waals surface area contributed by atoms with Crippen molar-refractivity contribution >= 4 is 30.6 Å². The van der Waals surface area contributed by atoms with Gasteiger partial charge < -0.3 is 4.57 Å². The molecule has 0 aliphatic rings. The van der Waals surface area contributed by atoms with Gasteiger partial charge in [0.2, 0.25) is 0 Å². The minimum Gasteiger partial charge on any atom is -0.302 e. The molecule has 3 nitrogen and oxygen atoms in total. The number of nitrogens with zero attached hydrogens (tertiary/aromatic N) is 2. The maximum atomic E-state index is 12.2. The van der Waals surface area contributed by atoms with Crippen LogP contribution in [-0.4, -0.2) is 17.6 Å². The van der Waals surface area contributed by atoms with Crippen molar-refractivity contribution in [2.24, 2.45) is 7.05 Å². The first-order valence-corrected chi connectivity index (χ1v) is 9.84. The molecule has 5 heteroatoms. The van der Waals surface area contributed by atoms with E-state index in [2.05, 4.69) is 36.1 Å². The molecule has 1 heterocycles. The summed E-state index contributed by atoms with van der Waals surface area (Å²) in [5, 5.41) is 1.01. The standard InChI is InChI=1S/C14H15ClN2OSi/c1-17-9-16-12-6-5-11(15)10(13(12)14(17)18)7-8-19(2,3)4/h5-6,9H,1-4H3. The van der Waals surface area contributed by atoms with E-state index in [1.54, 1.807) is 19.2 Å². The summed E-state index contributed by atoms with van der Waals surface area (Å²) >= 11 is 6.19. The van der Waals surface area contributed by atoms with Gasteiger partial charge in [0.25, 0.3) is 5.56 Å². The van der Waals surface area contributed by atoms with Crippen LogP contribution in [0.3, 0.4) is 0 Å². The number of halogens is 1. The van der Waals surface area contributed by atoms with Crippen LogP contribution in [-0.2, 0) is 7.05 Å². The van der Waals surface area contributed by atoms with Gasteiger partial charge in [-0.3, -0.25) is 4.79 Å². The van der Waals surface area contributed by atoms with Crippen LogP contribution in [0.25, 0.3) is 10.9 Å². The fourth-order valence-corrected chi connectivity index (χ4v) is 2.34. The Labute approximate surface area is 118 Å². The highest BCUT2D eigenvalue weighted by molar-refractivity contribution is 6.83. The molecule has 0 amide bonds. The van der Waals surface area contributed by atoms with Crippen LogP contribution in [0.1, 0.15) is 5.56 Å². The quantitative estimate of drug-likeness (QED) is 0.552. The van der Waals surface area contributed by atoms with E-state index in [4.69, 9.17) is 11.6 Å². The fourth-order valence-electron chi connectivity index (χ4n) is 1.64. The molecule has 0 saturated carbocycles. The van der Waals surface area contributed by atoms with E-state index in [0.29, 0.717) is 21.5 Å². The molecule has 98 valence electrons. The second-order valence-electron chi connectivity index (χ2n) is 5.48. The van der Waals surface area contributed by atoms with Gasteiger partial charge in [0.05, 0.1) is 27.8 Å². The van der Waals surface area contributed by atoms with E-state index < -0.39 is 8.07 Å². The van der Waals surface area contributed by atoms with E-state index in [-0.39, 0.29) is 5.56 Å². The average molecular weight is 291 g/mol. The molecule has 0 unspecified atom stereocenters. The summed E-state index contributed by atoms with van der Waals surface area (Å²) in [6.07, 6.45) is 1.51. The second kappa shape index (κ2) is 4.84. The molecule has 0 N–H and O–H groups in total. The third-order valence-corrected chi connectivity index (χ3v) is 3.79. The first-order valence-electron chi connectivity index (χ1n) is 5.96. The van der Waals surface area contributed by atoms with Gasteiger partial charge in [-0.2, -0.15) is 0 Å². The van der Waals surface area contributed by atoms with Gasteiger partial charge in [-0.25, -0.2) is 4.98 Å². The summed E-state index contributed by atoms with van der Waals surface area (Å²) in [6, 6.07) is 3.49. The molecule has 2 rings (SSSR count). The number of fused-ring (bicyclic) bond motifs is 1. The molecule has 0 saturated heterocycles. The molecule has 1 aromatic carbocycles. The van der Waals surface area contributed by atoms with Crippen LogP contribution >= 0.6 is 11.6 Å². The van der Waals surface area contributed by atoms with Gasteiger partial charge in [-0.1, -0.05) is 37.2 Å². The van der Waals surface area contributed by atoms with Gasteiger partial charge in [0.15, 0.2) is 0 Å². The smallest absolute Gasteiger partial charge is 0.262 e. The number of hydrogen-bond acceptors (Lipinski definition) is 2. The van der Waals surface area contributed by atoms with Crippen LogP contribution in [0.15, 0.2) is 23.3 Å². The predicted molar refractivity (Wildman–Crippen MR) is 82.2 cm³/mol. The Balaban J connectivity index is 2.85. The Hall–Kier alpha value is -1.57. The molecule has 0 fully saturated rings. The monoisotopic (exact) mass is 290 g/mol. The van der Waals surface area contributed by atoms with Crippen molar-refractivity contribution in [2.75, 3.05) is 0 Å². The number of aryl methyl sites for hydroxylation is 1. The zero-order valence-electron chi connectivity index (χ0n) is 11.4. The van der Waals surface area contributed by atoms with Crippen molar-refractivity contribution in [2.45, 2.75) is 19.6 Å². The lowest BCUT2D eigenvalue weighted by Crippen LogP contribution is -2.19. The molecule has 0 radical (unpaired) electrons. The highest BCUT2D eigenvalue weighted by Crippen LogP contribution is 2.21. The fraction of sp³-hybridized carbons (Fsp3) is 0.286. The van der Waals surface area contributed by atoms with Gasteiger partial charge in [-0.15, -0.1) is 5.54 Å². The summed E-state index contributed by atoms with van der Waals surface area (Å²) in [6.45, 7) is 6.44. The van der Waals surface area contributed by atoms with Crippen molar-refractivity contribution in [1.29, 1.82) is 0 Å². The average Bonchev–Trinajstić information content (AvgIpc) is 2.31. The van der Waals surface area contributed by atoms with Crippen LogP contribution in [0.4, 0.5) is 0 Å². The van der Waals surface area contributed by atoms with E-state index in [1.165, 1.54) is 10.9 Å². The zero-order chi connectivity index (χ0) is 14.2. The largest absolute Gasteiger partial charge is 0.302 e. The van der Waals surface area contributed by atoms with Gasteiger partial charge in [-0.05, 0) is 12.1 Å². The Kier molecular flexibility index (Phi) is 3.53. The molecule has 1 aromatic heterocycles. The third kappa shape index (κ3) is 2.88. The van der Waals surface area contributed by atoms with Crippen molar-refractivity contribution in [1.82, 2.24) is 9.55 Å². The number of benzene rings is 1. The molecular weight excluding hydrogens is 276 g/mol. The van der Waals surface area contributed by atoms with E-state index in [9.17, 15) is 4.79 Å². The summed E-state index contributed by atoms with van der Waals surface area (Å²) < 4.78 is 1.44. The molecule has 0 aliphatic heterocycles. The number of hydrogen-bond donors (Lipinski definition) is 0.